The molecule has 0 spiro atoms. The molecule has 0 unspecified atom stereocenters. The molecule has 0 aliphatic carbocycles. The molecule has 2 aromatic carbocycles. The highest BCUT2D eigenvalue weighted by molar-refractivity contribution is 6.31. The Morgan fingerprint density at radius 2 is 1.41 bits per heavy atom. The second-order valence-electron chi connectivity index (χ2n) is 5.43. The Kier molecular flexibility index (Phi) is 5.29. The summed E-state index contributed by atoms with van der Waals surface area (Å²) in [5, 5.41) is 5.92. The molecule has 0 aliphatic heterocycles. The first-order chi connectivity index (χ1) is 12.7. The number of anilines is 5. The number of aromatic nitrogens is 2. The largest absolute Gasteiger partial charge is 0.417 e. The Bertz CT molecular complexity index is 962. The minimum atomic E-state index is -4.58. The molecule has 0 amide bonds. The van der Waals surface area contributed by atoms with Gasteiger partial charge in [-0.3, -0.25) is 0 Å². The second-order valence-corrected chi connectivity index (χ2v) is 6.28. The Morgan fingerprint density at radius 3 is 2.00 bits per heavy atom. The number of nitrogen functional groups attached to an aromatic ring is 1. The van der Waals surface area contributed by atoms with Gasteiger partial charge in [-0.05, 0) is 42.5 Å². The molecule has 0 saturated heterocycles. The van der Waals surface area contributed by atoms with Crippen LogP contribution in [0.3, 0.4) is 0 Å². The summed E-state index contributed by atoms with van der Waals surface area (Å²) in [6, 6.07) is 10.3. The first-order valence-corrected chi connectivity index (χ1v) is 8.26. The summed E-state index contributed by atoms with van der Waals surface area (Å²) in [7, 11) is 0. The fourth-order valence-corrected chi connectivity index (χ4v) is 2.57. The zero-order chi connectivity index (χ0) is 19.6. The van der Waals surface area contributed by atoms with Crippen LogP contribution >= 0.6 is 23.2 Å². The average molecular weight is 414 g/mol. The van der Waals surface area contributed by atoms with Crippen molar-refractivity contribution in [2.24, 2.45) is 0 Å². The van der Waals surface area contributed by atoms with Crippen LogP contribution in [0.2, 0.25) is 10.0 Å². The average Bonchev–Trinajstić information content (AvgIpc) is 2.61. The van der Waals surface area contributed by atoms with E-state index >= 15 is 0 Å². The van der Waals surface area contributed by atoms with E-state index in [2.05, 4.69) is 20.6 Å². The summed E-state index contributed by atoms with van der Waals surface area (Å²) < 4.78 is 39.0. The van der Waals surface area contributed by atoms with Gasteiger partial charge in [-0.25, -0.2) is 9.97 Å². The standard InChI is InChI=1S/C17H12Cl2F3N5/c18-9-1-3-10(4-2-9)26-15-14(23)16(25-8-24-15)27-11-5-6-13(19)12(7-11)17(20,21)22/h1-8H,23H2,(H2,24,25,26,27). The summed E-state index contributed by atoms with van der Waals surface area (Å²) in [6.45, 7) is 0. The van der Waals surface area contributed by atoms with Crippen molar-refractivity contribution in [2.75, 3.05) is 16.4 Å². The first-order valence-electron chi connectivity index (χ1n) is 7.51. The van der Waals surface area contributed by atoms with Crippen LogP contribution in [-0.4, -0.2) is 9.97 Å². The van der Waals surface area contributed by atoms with Crippen molar-refractivity contribution in [1.82, 2.24) is 9.97 Å². The molecule has 0 radical (unpaired) electrons. The molecule has 0 saturated carbocycles. The summed E-state index contributed by atoms with van der Waals surface area (Å²) >= 11 is 11.5. The first kappa shape index (κ1) is 19.1. The highest BCUT2D eigenvalue weighted by atomic mass is 35.5. The van der Waals surface area contributed by atoms with Gasteiger partial charge in [-0.15, -0.1) is 0 Å². The van der Waals surface area contributed by atoms with Crippen LogP contribution in [0.5, 0.6) is 0 Å². The number of nitrogens with two attached hydrogens (primary N) is 1. The lowest BCUT2D eigenvalue weighted by Gasteiger charge is -2.14. The van der Waals surface area contributed by atoms with Crippen molar-refractivity contribution in [2.45, 2.75) is 6.18 Å². The summed E-state index contributed by atoms with van der Waals surface area (Å²) in [4.78, 5) is 8.03. The van der Waals surface area contributed by atoms with E-state index in [1.165, 1.54) is 12.4 Å². The molecule has 4 N–H and O–H groups in total. The third kappa shape index (κ3) is 4.53. The molecule has 0 aliphatic rings. The van der Waals surface area contributed by atoms with Gasteiger partial charge in [0.2, 0.25) is 0 Å². The predicted octanol–water partition coefficient (Wildman–Crippen LogP) is 5.87. The molecule has 1 aromatic heterocycles. The molecule has 3 aromatic rings. The topological polar surface area (TPSA) is 75.9 Å². The van der Waals surface area contributed by atoms with Crippen LogP contribution in [0.25, 0.3) is 0 Å². The van der Waals surface area contributed by atoms with Crippen molar-refractivity contribution in [3.05, 3.63) is 64.4 Å². The van der Waals surface area contributed by atoms with E-state index in [9.17, 15) is 13.2 Å². The van der Waals surface area contributed by atoms with Crippen LogP contribution in [0.15, 0.2) is 48.8 Å². The van der Waals surface area contributed by atoms with Gasteiger partial charge < -0.3 is 16.4 Å². The highest BCUT2D eigenvalue weighted by Gasteiger charge is 2.33. The van der Waals surface area contributed by atoms with Gasteiger partial charge >= 0.3 is 6.18 Å². The molecule has 10 heteroatoms. The van der Waals surface area contributed by atoms with E-state index in [-0.39, 0.29) is 17.2 Å². The fourth-order valence-electron chi connectivity index (χ4n) is 2.22. The normalized spacial score (nSPS) is 11.3. The lowest BCUT2D eigenvalue weighted by atomic mass is 10.2. The minimum absolute atomic E-state index is 0.134. The number of benzene rings is 2. The summed E-state index contributed by atoms with van der Waals surface area (Å²) in [5.74, 6) is 0.441. The fraction of sp³-hybridized carbons (Fsp3) is 0.0588. The van der Waals surface area contributed by atoms with Gasteiger partial charge in [-0.1, -0.05) is 23.2 Å². The molecule has 1 heterocycles. The van der Waals surface area contributed by atoms with Crippen LogP contribution in [0, 0.1) is 0 Å². The maximum atomic E-state index is 13.0. The van der Waals surface area contributed by atoms with Crippen LogP contribution in [-0.2, 0) is 6.18 Å². The van der Waals surface area contributed by atoms with Gasteiger partial charge in [-0.2, -0.15) is 13.2 Å². The number of rotatable bonds is 4. The van der Waals surface area contributed by atoms with Crippen molar-refractivity contribution < 1.29 is 13.2 Å². The van der Waals surface area contributed by atoms with Gasteiger partial charge in [0.1, 0.15) is 12.0 Å². The lowest BCUT2D eigenvalue weighted by molar-refractivity contribution is -0.137. The minimum Gasteiger partial charge on any atom is -0.393 e. The number of nitrogens with one attached hydrogen (secondary N) is 2. The maximum Gasteiger partial charge on any atom is 0.417 e. The molecular weight excluding hydrogens is 402 g/mol. The molecule has 140 valence electrons. The smallest absolute Gasteiger partial charge is 0.393 e. The van der Waals surface area contributed by atoms with E-state index in [0.29, 0.717) is 16.5 Å². The van der Waals surface area contributed by atoms with E-state index in [1.807, 2.05) is 0 Å². The number of halogens is 5. The Balaban J connectivity index is 1.87. The molecule has 3 rings (SSSR count). The van der Waals surface area contributed by atoms with E-state index in [4.69, 9.17) is 28.9 Å². The molecule has 0 fully saturated rings. The third-order valence-corrected chi connectivity index (χ3v) is 4.11. The molecule has 0 atom stereocenters. The Hall–Kier alpha value is -2.71. The molecular formula is C17H12Cl2F3N5. The maximum absolute atomic E-state index is 13.0. The number of alkyl halides is 3. The molecule has 5 nitrogen and oxygen atoms in total. The zero-order valence-corrected chi connectivity index (χ0v) is 15.0. The zero-order valence-electron chi connectivity index (χ0n) is 13.5. The van der Waals surface area contributed by atoms with Crippen LogP contribution < -0.4 is 16.4 Å². The second kappa shape index (κ2) is 7.50. The number of nitrogens with zero attached hydrogens (tertiary/aromatic N) is 2. The molecule has 27 heavy (non-hydrogen) atoms. The summed E-state index contributed by atoms with van der Waals surface area (Å²) in [5.41, 5.74) is 6.03. The molecule has 0 bridgehead atoms. The summed E-state index contributed by atoms with van der Waals surface area (Å²) in [6.07, 6.45) is -3.34. The Morgan fingerprint density at radius 1 is 0.852 bits per heavy atom. The third-order valence-electron chi connectivity index (χ3n) is 3.53. The SMILES string of the molecule is Nc1c(Nc2ccc(Cl)cc2)ncnc1Nc1ccc(Cl)c(C(F)(F)F)c1. The number of hydrogen-bond donors (Lipinski definition) is 3. The quantitative estimate of drug-likeness (QED) is 0.498. The van der Waals surface area contributed by atoms with E-state index < -0.39 is 16.8 Å². The van der Waals surface area contributed by atoms with Crippen molar-refractivity contribution in [1.29, 1.82) is 0 Å². The monoisotopic (exact) mass is 413 g/mol. The van der Waals surface area contributed by atoms with Crippen molar-refractivity contribution >= 4 is 51.9 Å². The van der Waals surface area contributed by atoms with Crippen LogP contribution in [0.1, 0.15) is 5.56 Å². The van der Waals surface area contributed by atoms with E-state index in [0.717, 1.165) is 12.1 Å². The predicted molar refractivity (Wildman–Crippen MR) is 101 cm³/mol. The van der Waals surface area contributed by atoms with Crippen molar-refractivity contribution in [3.63, 3.8) is 0 Å². The van der Waals surface area contributed by atoms with Crippen molar-refractivity contribution in [3.8, 4) is 0 Å². The van der Waals surface area contributed by atoms with Gasteiger partial charge in [0.05, 0.1) is 10.6 Å². The highest BCUT2D eigenvalue weighted by Crippen LogP contribution is 2.37. The van der Waals surface area contributed by atoms with E-state index in [1.54, 1.807) is 24.3 Å². The van der Waals surface area contributed by atoms with Crippen LogP contribution in [0.4, 0.5) is 41.9 Å². The number of hydrogen-bond acceptors (Lipinski definition) is 5. The van der Waals surface area contributed by atoms with Gasteiger partial charge in [0, 0.05) is 16.4 Å². The lowest BCUT2D eigenvalue weighted by Crippen LogP contribution is -2.08. The van der Waals surface area contributed by atoms with Gasteiger partial charge in [0.15, 0.2) is 11.6 Å². The Labute approximate surface area is 162 Å². The van der Waals surface area contributed by atoms with Gasteiger partial charge in [0.25, 0.3) is 0 Å².